The zero-order chi connectivity index (χ0) is 13.5. The number of amides is 1. The number of hydrazine groups is 1. The van der Waals surface area contributed by atoms with E-state index in [2.05, 4.69) is 0 Å². The number of nitrogens with zero attached hydrogens (tertiary/aromatic N) is 1. The van der Waals surface area contributed by atoms with Gasteiger partial charge in [-0.1, -0.05) is 0 Å². The molecule has 0 aliphatic rings. The Hall–Kier alpha value is -2.35. The molecule has 1 aromatic rings. The zero-order valence-electron chi connectivity index (χ0n) is 9.71. The molecule has 1 rings (SSSR count). The monoisotopic (exact) mass is 255 g/mol. The molecule has 0 heterocycles. The van der Waals surface area contributed by atoms with Gasteiger partial charge in [0.25, 0.3) is 5.69 Å². The molecule has 0 radical (unpaired) electrons. The summed E-state index contributed by atoms with van der Waals surface area (Å²) >= 11 is 0. The third kappa shape index (κ3) is 3.59. The summed E-state index contributed by atoms with van der Waals surface area (Å²) in [4.78, 5) is 20.9. The SMILES string of the molecule is COc1ccc([N+](=O)[O-])cc1OCCC(=O)NN. The van der Waals surface area contributed by atoms with Crippen molar-refractivity contribution in [1.82, 2.24) is 5.43 Å². The van der Waals surface area contributed by atoms with E-state index in [1.165, 1.54) is 25.3 Å². The van der Waals surface area contributed by atoms with Crippen molar-refractivity contribution in [3.05, 3.63) is 28.3 Å². The highest BCUT2D eigenvalue weighted by Crippen LogP contribution is 2.31. The number of nitro groups is 1. The average Bonchev–Trinajstić information content (AvgIpc) is 2.38. The Kier molecular flexibility index (Phi) is 4.88. The van der Waals surface area contributed by atoms with Crippen molar-refractivity contribution < 1.29 is 19.2 Å². The minimum atomic E-state index is -0.543. The maximum Gasteiger partial charge on any atom is 0.273 e. The lowest BCUT2D eigenvalue weighted by molar-refractivity contribution is -0.385. The van der Waals surface area contributed by atoms with Gasteiger partial charge in [0.1, 0.15) is 0 Å². The molecule has 1 aromatic carbocycles. The number of nitrogens with two attached hydrogens (primary N) is 1. The van der Waals surface area contributed by atoms with Gasteiger partial charge in [-0.15, -0.1) is 0 Å². The minimum Gasteiger partial charge on any atom is -0.493 e. The van der Waals surface area contributed by atoms with Crippen LogP contribution in [0.25, 0.3) is 0 Å². The van der Waals surface area contributed by atoms with Crippen molar-refractivity contribution in [3.63, 3.8) is 0 Å². The van der Waals surface area contributed by atoms with Crippen molar-refractivity contribution in [2.75, 3.05) is 13.7 Å². The molecule has 0 saturated heterocycles. The van der Waals surface area contributed by atoms with E-state index >= 15 is 0 Å². The predicted octanol–water partition coefficient (Wildman–Crippen LogP) is 0.362. The van der Waals surface area contributed by atoms with Gasteiger partial charge in [-0.25, -0.2) is 5.84 Å². The molecule has 3 N–H and O–H groups in total. The molecule has 98 valence electrons. The Morgan fingerprint density at radius 2 is 2.22 bits per heavy atom. The van der Waals surface area contributed by atoms with Crippen LogP contribution in [0.15, 0.2) is 18.2 Å². The Balaban J connectivity index is 2.75. The van der Waals surface area contributed by atoms with Gasteiger partial charge in [-0.2, -0.15) is 0 Å². The van der Waals surface area contributed by atoms with Gasteiger partial charge >= 0.3 is 0 Å². The first kappa shape index (κ1) is 13.7. The van der Waals surface area contributed by atoms with Crippen LogP contribution < -0.4 is 20.7 Å². The quantitative estimate of drug-likeness (QED) is 0.328. The summed E-state index contributed by atoms with van der Waals surface area (Å²) in [5, 5.41) is 10.6. The number of nitrogens with one attached hydrogen (secondary N) is 1. The number of hydrogen-bond donors (Lipinski definition) is 2. The number of benzene rings is 1. The van der Waals surface area contributed by atoms with Gasteiger partial charge in [0.15, 0.2) is 11.5 Å². The van der Waals surface area contributed by atoms with Crippen LogP contribution in [0.1, 0.15) is 6.42 Å². The second-order valence-electron chi connectivity index (χ2n) is 3.26. The van der Waals surface area contributed by atoms with E-state index < -0.39 is 4.92 Å². The summed E-state index contributed by atoms with van der Waals surface area (Å²) < 4.78 is 10.2. The van der Waals surface area contributed by atoms with Crippen LogP contribution >= 0.6 is 0 Å². The van der Waals surface area contributed by atoms with Crippen LogP contribution in [0.2, 0.25) is 0 Å². The highest BCUT2D eigenvalue weighted by atomic mass is 16.6. The number of rotatable bonds is 6. The standard InChI is InChI=1S/C10H13N3O5/c1-17-8-3-2-7(13(15)16)6-9(8)18-5-4-10(14)12-11/h2-3,6H,4-5,11H2,1H3,(H,12,14). The molecule has 1 amide bonds. The van der Waals surface area contributed by atoms with Crippen molar-refractivity contribution >= 4 is 11.6 Å². The van der Waals surface area contributed by atoms with E-state index in [-0.39, 0.29) is 30.4 Å². The molecule has 8 nitrogen and oxygen atoms in total. The molecule has 0 aliphatic heterocycles. The number of carbonyl (C=O) groups excluding carboxylic acids is 1. The van der Waals surface area contributed by atoms with E-state index in [4.69, 9.17) is 15.3 Å². The molecule has 8 heteroatoms. The molecule has 0 aliphatic carbocycles. The Labute approximate surface area is 103 Å². The minimum absolute atomic E-state index is 0.0422. The second kappa shape index (κ2) is 6.40. The molecule has 0 unspecified atom stereocenters. The smallest absolute Gasteiger partial charge is 0.273 e. The summed E-state index contributed by atoms with van der Waals surface area (Å²) in [6.07, 6.45) is 0.0440. The lowest BCUT2D eigenvalue weighted by atomic mass is 10.3. The van der Waals surface area contributed by atoms with Gasteiger partial charge in [0.2, 0.25) is 5.91 Å². The van der Waals surface area contributed by atoms with Crippen molar-refractivity contribution in [1.29, 1.82) is 0 Å². The van der Waals surface area contributed by atoms with E-state index in [0.29, 0.717) is 5.75 Å². The number of ether oxygens (including phenoxy) is 2. The third-order valence-electron chi connectivity index (χ3n) is 2.11. The lowest BCUT2D eigenvalue weighted by Crippen LogP contribution is -2.31. The number of carbonyl (C=O) groups is 1. The Morgan fingerprint density at radius 1 is 1.50 bits per heavy atom. The van der Waals surface area contributed by atoms with Crippen LogP contribution in [0.5, 0.6) is 11.5 Å². The van der Waals surface area contributed by atoms with Crippen molar-refractivity contribution in [3.8, 4) is 11.5 Å². The van der Waals surface area contributed by atoms with Crippen molar-refractivity contribution in [2.24, 2.45) is 5.84 Å². The van der Waals surface area contributed by atoms with Gasteiger partial charge in [-0.05, 0) is 6.07 Å². The maximum absolute atomic E-state index is 10.9. The summed E-state index contributed by atoms with van der Waals surface area (Å²) in [6.45, 7) is 0.0422. The lowest BCUT2D eigenvalue weighted by Gasteiger charge is -2.09. The molecule has 0 saturated carbocycles. The highest BCUT2D eigenvalue weighted by molar-refractivity contribution is 5.75. The molecular weight excluding hydrogens is 242 g/mol. The van der Waals surface area contributed by atoms with Gasteiger partial charge in [-0.3, -0.25) is 20.3 Å². The summed E-state index contributed by atoms with van der Waals surface area (Å²) in [5.41, 5.74) is 1.83. The largest absolute Gasteiger partial charge is 0.493 e. The highest BCUT2D eigenvalue weighted by Gasteiger charge is 2.12. The number of hydrogen-bond acceptors (Lipinski definition) is 6. The number of non-ortho nitro benzene ring substituents is 1. The topological polar surface area (TPSA) is 117 Å². The molecule has 0 atom stereocenters. The van der Waals surface area contributed by atoms with E-state index in [0.717, 1.165) is 0 Å². The Bertz CT molecular complexity index is 449. The second-order valence-corrected chi connectivity index (χ2v) is 3.26. The molecule has 18 heavy (non-hydrogen) atoms. The molecule has 0 bridgehead atoms. The third-order valence-corrected chi connectivity index (χ3v) is 2.11. The molecular formula is C10H13N3O5. The van der Waals surface area contributed by atoms with Crippen LogP contribution in [-0.4, -0.2) is 24.5 Å². The molecule has 0 spiro atoms. The van der Waals surface area contributed by atoms with Gasteiger partial charge < -0.3 is 9.47 Å². The maximum atomic E-state index is 10.9. The summed E-state index contributed by atoms with van der Waals surface area (Å²) in [7, 11) is 1.42. The fourth-order valence-corrected chi connectivity index (χ4v) is 1.22. The van der Waals surface area contributed by atoms with E-state index in [1.807, 2.05) is 5.43 Å². The first-order valence-electron chi connectivity index (χ1n) is 5.03. The summed E-state index contributed by atoms with van der Waals surface area (Å²) in [6, 6.07) is 3.97. The average molecular weight is 255 g/mol. The van der Waals surface area contributed by atoms with E-state index in [9.17, 15) is 14.9 Å². The zero-order valence-corrected chi connectivity index (χ0v) is 9.71. The van der Waals surface area contributed by atoms with Crippen LogP contribution in [0.4, 0.5) is 5.69 Å². The first-order chi connectivity index (χ1) is 8.58. The van der Waals surface area contributed by atoms with Gasteiger partial charge in [0.05, 0.1) is 31.1 Å². The Morgan fingerprint density at radius 3 is 2.78 bits per heavy atom. The van der Waals surface area contributed by atoms with Gasteiger partial charge in [0, 0.05) is 6.07 Å². The molecule has 0 fully saturated rings. The normalized spacial score (nSPS) is 9.67. The van der Waals surface area contributed by atoms with Crippen LogP contribution in [0.3, 0.4) is 0 Å². The summed E-state index contributed by atoms with van der Waals surface area (Å²) in [5.74, 6) is 5.07. The number of methoxy groups -OCH3 is 1. The van der Waals surface area contributed by atoms with Crippen molar-refractivity contribution in [2.45, 2.75) is 6.42 Å². The fraction of sp³-hybridized carbons (Fsp3) is 0.300. The van der Waals surface area contributed by atoms with Crippen LogP contribution in [-0.2, 0) is 4.79 Å². The number of nitro benzene ring substituents is 1. The molecule has 0 aromatic heterocycles. The van der Waals surface area contributed by atoms with Crippen LogP contribution in [0, 0.1) is 10.1 Å². The fourth-order valence-electron chi connectivity index (χ4n) is 1.22. The predicted molar refractivity (Wildman–Crippen MR) is 62.1 cm³/mol. The first-order valence-corrected chi connectivity index (χ1v) is 5.03. The van der Waals surface area contributed by atoms with E-state index in [1.54, 1.807) is 0 Å².